The predicted molar refractivity (Wildman–Crippen MR) is 110 cm³/mol. The summed E-state index contributed by atoms with van der Waals surface area (Å²) in [4.78, 5) is 14.8. The van der Waals surface area contributed by atoms with Crippen LogP contribution in [-0.4, -0.2) is 47.3 Å². The number of benzene rings is 1. The fraction of sp³-hybridized carbons (Fsp3) is 0.545. The molecule has 2 aliphatic heterocycles. The van der Waals surface area contributed by atoms with Crippen molar-refractivity contribution in [2.45, 2.75) is 45.1 Å². The van der Waals surface area contributed by atoms with Crippen molar-refractivity contribution in [1.82, 2.24) is 14.7 Å². The van der Waals surface area contributed by atoms with E-state index in [0.29, 0.717) is 25.0 Å². The highest BCUT2D eigenvalue weighted by Gasteiger charge is 2.32. The van der Waals surface area contributed by atoms with Crippen molar-refractivity contribution >= 4 is 11.7 Å². The molecule has 2 aliphatic rings. The number of ether oxygens (including phenoxy) is 1. The van der Waals surface area contributed by atoms with E-state index in [-0.39, 0.29) is 11.8 Å². The molecule has 28 heavy (non-hydrogen) atoms. The Labute approximate surface area is 166 Å². The largest absolute Gasteiger partial charge is 0.493 e. The van der Waals surface area contributed by atoms with E-state index >= 15 is 0 Å². The minimum Gasteiger partial charge on any atom is -0.493 e. The Balaban J connectivity index is 1.61. The summed E-state index contributed by atoms with van der Waals surface area (Å²) >= 11 is 0. The van der Waals surface area contributed by atoms with E-state index in [2.05, 4.69) is 43.2 Å². The number of fused-ring (bicyclic) bond motifs is 1. The maximum Gasteiger partial charge on any atom is 0.226 e. The molecule has 0 bridgehead atoms. The first-order chi connectivity index (χ1) is 13.5. The SMILES string of the molecule is CC(C)COc1cccc(C2CC(=O)Nc3c2cnn3C2CCN(C)CC2)c1. The summed E-state index contributed by atoms with van der Waals surface area (Å²) in [5.41, 5.74) is 2.22. The fourth-order valence-electron chi connectivity index (χ4n) is 4.14. The Bertz CT molecular complexity index is 837. The average molecular weight is 383 g/mol. The molecule has 0 radical (unpaired) electrons. The quantitative estimate of drug-likeness (QED) is 0.857. The summed E-state index contributed by atoms with van der Waals surface area (Å²) in [5.74, 6) is 2.29. The zero-order chi connectivity index (χ0) is 19.7. The van der Waals surface area contributed by atoms with E-state index in [4.69, 9.17) is 9.84 Å². The minimum atomic E-state index is 0.0198. The molecule has 1 aromatic heterocycles. The number of anilines is 1. The molecule has 0 saturated carbocycles. The summed E-state index contributed by atoms with van der Waals surface area (Å²) in [6.07, 6.45) is 4.51. The molecule has 1 atom stereocenters. The topological polar surface area (TPSA) is 59.4 Å². The van der Waals surface area contributed by atoms with Gasteiger partial charge in [0.25, 0.3) is 0 Å². The van der Waals surface area contributed by atoms with Gasteiger partial charge in [-0.3, -0.25) is 4.79 Å². The second-order valence-corrected chi connectivity index (χ2v) is 8.51. The first-order valence-corrected chi connectivity index (χ1v) is 10.3. The highest BCUT2D eigenvalue weighted by molar-refractivity contribution is 5.94. The van der Waals surface area contributed by atoms with Crippen LogP contribution in [0.1, 0.15) is 56.2 Å². The van der Waals surface area contributed by atoms with Gasteiger partial charge in [0, 0.05) is 17.9 Å². The van der Waals surface area contributed by atoms with E-state index in [9.17, 15) is 4.79 Å². The maximum atomic E-state index is 12.5. The molecule has 150 valence electrons. The van der Waals surface area contributed by atoms with E-state index in [0.717, 1.165) is 48.6 Å². The number of amides is 1. The van der Waals surface area contributed by atoms with Crippen LogP contribution in [0.5, 0.6) is 5.75 Å². The molecule has 4 rings (SSSR count). The predicted octanol–water partition coefficient (Wildman–Crippen LogP) is 3.66. The zero-order valence-electron chi connectivity index (χ0n) is 17.0. The number of hydrogen-bond donors (Lipinski definition) is 1. The second kappa shape index (κ2) is 7.95. The normalized spacial score (nSPS) is 20.9. The van der Waals surface area contributed by atoms with E-state index in [1.165, 1.54) is 0 Å². The molecular formula is C22H30N4O2. The third kappa shape index (κ3) is 3.92. The van der Waals surface area contributed by atoms with Crippen molar-refractivity contribution < 1.29 is 9.53 Å². The first-order valence-electron chi connectivity index (χ1n) is 10.3. The minimum absolute atomic E-state index is 0.0198. The molecule has 1 saturated heterocycles. The van der Waals surface area contributed by atoms with E-state index in [1.54, 1.807) is 0 Å². The van der Waals surface area contributed by atoms with Crippen LogP contribution in [-0.2, 0) is 4.79 Å². The van der Waals surface area contributed by atoms with Gasteiger partial charge in [0.05, 0.1) is 18.8 Å². The van der Waals surface area contributed by atoms with Crippen LogP contribution in [0.25, 0.3) is 0 Å². The smallest absolute Gasteiger partial charge is 0.226 e. The molecule has 0 aliphatic carbocycles. The van der Waals surface area contributed by atoms with Crippen LogP contribution in [0, 0.1) is 5.92 Å². The van der Waals surface area contributed by atoms with Crippen molar-refractivity contribution in [3.63, 3.8) is 0 Å². The van der Waals surface area contributed by atoms with Crippen molar-refractivity contribution in [3.8, 4) is 5.75 Å². The molecular weight excluding hydrogens is 352 g/mol. The number of nitrogens with one attached hydrogen (secondary N) is 1. The molecule has 3 heterocycles. The van der Waals surface area contributed by atoms with E-state index in [1.807, 2.05) is 23.0 Å². The van der Waals surface area contributed by atoms with Gasteiger partial charge in [0.2, 0.25) is 5.91 Å². The number of aromatic nitrogens is 2. The first kappa shape index (κ1) is 19.0. The van der Waals surface area contributed by atoms with Crippen LogP contribution in [0.4, 0.5) is 5.82 Å². The van der Waals surface area contributed by atoms with Crippen LogP contribution in [0.2, 0.25) is 0 Å². The third-order valence-electron chi connectivity index (χ3n) is 5.72. The lowest BCUT2D eigenvalue weighted by Gasteiger charge is -2.31. The number of piperidine rings is 1. The molecule has 6 nitrogen and oxygen atoms in total. The molecule has 1 aromatic carbocycles. The van der Waals surface area contributed by atoms with Gasteiger partial charge < -0.3 is 15.0 Å². The van der Waals surface area contributed by atoms with Crippen LogP contribution in [0.15, 0.2) is 30.5 Å². The average Bonchev–Trinajstić information content (AvgIpc) is 3.10. The van der Waals surface area contributed by atoms with Crippen molar-refractivity contribution in [3.05, 3.63) is 41.6 Å². The van der Waals surface area contributed by atoms with Crippen molar-refractivity contribution in [2.75, 3.05) is 32.1 Å². The second-order valence-electron chi connectivity index (χ2n) is 8.51. The summed E-state index contributed by atoms with van der Waals surface area (Å²) < 4.78 is 7.95. The van der Waals surface area contributed by atoms with E-state index < -0.39 is 0 Å². The lowest BCUT2D eigenvalue weighted by atomic mass is 9.87. The van der Waals surface area contributed by atoms with Crippen molar-refractivity contribution in [1.29, 1.82) is 0 Å². The monoisotopic (exact) mass is 382 g/mol. The third-order valence-corrected chi connectivity index (χ3v) is 5.72. The highest BCUT2D eigenvalue weighted by Crippen LogP contribution is 2.40. The number of carbonyl (C=O) groups is 1. The molecule has 0 spiro atoms. The summed E-state index contributed by atoms with van der Waals surface area (Å²) in [7, 11) is 2.15. The van der Waals surface area contributed by atoms with Crippen LogP contribution >= 0.6 is 0 Å². The fourth-order valence-corrected chi connectivity index (χ4v) is 4.14. The molecule has 1 N–H and O–H groups in total. The van der Waals surface area contributed by atoms with Gasteiger partial charge in [0.15, 0.2) is 0 Å². The Kier molecular flexibility index (Phi) is 5.40. The summed E-state index contributed by atoms with van der Waals surface area (Å²) in [5, 5.41) is 7.78. The Morgan fingerprint density at radius 3 is 2.82 bits per heavy atom. The van der Waals surface area contributed by atoms with Crippen LogP contribution in [0.3, 0.4) is 0 Å². The van der Waals surface area contributed by atoms with Gasteiger partial charge in [-0.2, -0.15) is 5.10 Å². The Hall–Kier alpha value is -2.34. The van der Waals surface area contributed by atoms with Crippen LogP contribution < -0.4 is 10.1 Å². The lowest BCUT2D eigenvalue weighted by Crippen LogP contribution is -2.33. The van der Waals surface area contributed by atoms with Crippen molar-refractivity contribution in [2.24, 2.45) is 5.92 Å². The summed E-state index contributed by atoms with van der Waals surface area (Å²) in [6.45, 7) is 7.09. The number of carbonyl (C=O) groups excluding carboxylic acids is 1. The highest BCUT2D eigenvalue weighted by atomic mass is 16.5. The Morgan fingerprint density at radius 1 is 1.29 bits per heavy atom. The molecule has 1 amide bonds. The Morgan fingerprint density at radius 2 is 2.07 bits per heavy atom. The van der Waals surface area contributed by atoms with Gasteiger partial charge in [0.1, 0.15) is 11.6 Å². The van der Waals surface area contributed by atoms with Gasteiger partial charge in [-0.25, -0.2) is 4.68 Å². The lowest BCUT2D eigenvalue weighted by molar-refractivity contribution is -0.116. The zero-order valence-corrected chi connectivity index (χ0v) is 17.0. The van der Waals surface area contributed by atoms with Gasteiger partial charge in [-0.15, -0.1) is 0 Å². The van der Waals surface area contributed by atoms with Gasteiger partial charge in [-0.1, -0.05) is 26.0 Å². The maximum absolute atomic E-state index is 12.5. The summed E-state index contributed by atoms with van der Waals surface area (Å²) in [6, 6.07) is 8.50. The number of rotatable bonds is 5. The number of nitrogens with zero attached hydrogens (tertiary/aromatic N) is 3. The number of hydrogen-bond acceptors (Lipinski definition) is 4. The molecule has 1 fully saturated rings. The molecule has 2 aromatic rings. The molecule has 6 heteroatoms. The number of likely N-dealkylation sites (tertiary alicyclic amines) is 1. The van der Waals surface area contributed by atoms with Gasteiger partial charge >= 0.3 is 0 Å². The van der Waals surface area contributed by atoms with Gasteiger partial charge in [-0.05, 0) is 56.6 Å². The molecule has 1 unspecified atom stereocenters. The standard InChI is InChI=1S/C22H30N4O2/c1-15(2)14-28-18-6-4-5-16(11-18)19-12-21(27)24-22-20(19)13-23-26(22)17-7-9-25(3)10-8-17/h4-6,11,13,15,17,19H,7-10,12,14H2,1-3H3,(H,24,27).